The summed E-state index contributed by atoms with van der Waals surface area (Å²) < 4.78 is 4.68. The van der Waals surface area contributed by atoms with Crippen molar-refractivity contribution in [3.8, 4) is 0 Å². The van der Waals surface area contributed by atoms with Crippen molar-refractivity contribution in [2.24, 2.45) is 5.73 Å². The van der Waals surface area contributed by atoms with Crippen LogP contribution >= 0.6 is 0 Å². The Bertz CT molecular complexity index is 235. The van der Waals surface area contributed by atoms with E-state index in [2.05, 4.69) is 17.9 Å². The normalized spacial score (nSPS) is 8.79. The van der Waals surface area contributed by atoms with Crippen LogP contribution in [-0.2, 0) is 9.53 Å². The highest BCUT2D eigenvalue weighted by Crippen LogP contribution is 1.95. The summed E-state index contributed by atoms with van der Waals surface area (Å²) in [5.41, 5.74) is 6.39. The molecule has 0 unspecified atom stereocenters. The first-order valence-electron chi connectivity index (χ1n) is 4.46. The second-order valence-corrected chi connectivity index (χ2v) is 2.35. The van der Waals surface area contributed by atoms with Gasteiger partial charge in [0.25, 0.3) is 0 Å². The molecule has 0 saturated carbocycles. The molecule has 82 valence electrons. The Kier molecular flexibility index (Phi) is 10.3. The van der Waals surface area contributed by atoms with Crippen LogP contribution in [0.2, 0.25) is 0 Å². The molecule has 0 heterocycles. The third-order valence-corrected chi connectivity index (χ3v) is 0.994. The molecule has 0 radical (unpaired) electrons. The zero-order valence-corrected chi connectivity index (χ0v) is 9.17. The Morgan fingerprint density at radius 1 is 1.43 bits per heavy atom. The standard InChI is InChI=1S/C9H13NO2.C2H6.H2/c1-7(4-5-8(2)10)6-12-9(3)11;1-2;/h4-5H,1-2,6,10H2,3H3;1-2H3;1H/b5-4-;;. The predicted octanol–water partition coefficient (Wildman–Crippen LogP) is 2.41. The van der Waals surface area contributed by atoms with Crippen LogP contribution in [0.1, 0.15) is 22.2 Å². The summed E-state index contributed by atoms with van der Waals surface area (Å²) in [6.45, 7) is 12.6. The Morgan fingerprint density at radius 2 is 1.93 bits per heavy atom. The third-order valence-electron chi connectivity index (χ3n) is 0.994. The maximum absolute atomic E-state index is 10.4. The molecule has 14 heavy (non-hydrogen) atoms. The lowest BCUT2D eigenvalue weighted by Crippen LogP contribution is -2.01. The minimum Gasteiger partial charge on any atom is -0.461 e. The van der Waals surface area contributed by atoms with Gasteiger partial charge in [-0.15, -0.1) is 0 Å². The van der Waals surface area contributed by atoms with Gasteiger partial charge in [-0.3, -0.25) is 4.79 Å². The van der Waals surface area contributed by atoms with E-state index < -0.39 is 0 Å². The minimum absolute atomic E-state index is 0. The Balaban J connectivity index is -0.000000449. The van der Waals surface area contributed by atoms with Crippen LogP contribution in [0.25, 0.3) is 0 Å². The second-order valence-electron chi connectivity index (χ2n) is 2.35. The average Bonchev–Trinajstić information content (AvgIpc) is 2.14. The van der Waals surface area contributed by atoms with Crippen molar-refractivity contribution in [3.63, 3.8) is 0 Å². The van der Waals surface area contributed by atoms with Crippen LogP contribution in [0.15, 0.2) is 36.6 Å². The largest absolute Gasteiger partial charge is 0.461 e. The number of allylic oxidation sites excluding steroid dienone is 1. The maximum atomic E-state index is 10.4. The van der Waals surface area contributed by atoms with Crippen molar-refractivity contribution in [2.45, 2.75) is 20.8 Å². The number of ether oxygens (including phenoxy) is 1. The van der Waals surface area contributed by atoms with E-state index >= 15 is 0 Å². The first-order valence-corrected chi connectivity index (χ1v) is 4.46. The first kappa shape index (κ1) is 15.0. The zero-order valence-electron chi connectivity index (χ0n) is 9.17. The number of carbonyl (C=O) groups excluding carboxylic acids is 1. The highest BCUT2D eigenvalue weighted by atomic mass is 16.5. The molecule has 0 aromatic carbocycles. The van der Waals surface area contributed by atoms with Crippen molar-refractivity contribution >= 4 is 5.97 Å². The van der Waals surface area contributed by atoms with E-state index in [1.165, 1.54) is 6.92 Å². The second kappa shape index (κ2) is 9.58. The van der Waals surface area contributed by atoms with E-state index in [1.54, 1.807) is 12.2 Å². The molecule has 0 bridgehead atoms. The van der Waals surface area contributed by atoms with Crippen molar-refractivity contribution in [1.82, 2.24) is 0 Å². The SMILES string of the molecule is C=C(N)/C=C\C(=C)COC(C)=O.CC.[HH]. The number of hydrogen-bond acceptors (Lipinski definition) is 3. The lowest BCUT2D eigenvalue weighted by Gasteiger charge is -1.99. The van der Waals surface area contributed by atoms with E-state index in [0.29, 0.717) is 11.3 Å². The highest BCUT2D eigenvalue weighted by molar-refractivity contribution is 5.66. The average molecular weight is 199 g/mol. The third kappa shape index (κ3) is 13.1. The lowest BCUT2D eigenvalue weighted by atomic mass is 10.3. The number of carbonyl (C=O) groups is 1. The van der Waals surface area contributed by atoms with Gasteiger partial charge in [0.05, 0.1) is 0 Å². The molecule has 0 aliphatic carbocycles. The summed E-state index contributed by atoms with van der Waals surface area (Å²) in [6.07, 6.45) is 3.26. The van der Waals surface area contributed by atoms with Crippen LogP contribution in [0.3, 0.4) is 0 Å². The number of esters is 1. The smallest absolute Gasteiger partial charge is 0.302 e. The molecule has 0 amide bonds. The van der Waals surface area contributed by atoms with Gasteiger partial charge < -0.3 is 10.5 Å². The summed E-state index contributed by atoms with van der Waals surface area (Å²) in [5.74, 6) is -0.323. The molecule has 3 heteroatoms. The zero-order chi connectivity index (χ0) is 11.6. The fourth-order valence-corrected chi connectivity index (χ4v) is 0.467. The first-order chi connectivity index (χ1) is 6.52. The van der Waals surface area contributed by atoms with Crippen LogP contribution in [0.5, 0.6) is 0 Å². The van der Waals surface area contributed by atoms with Gasteiger partial charge in [-0.25, -0.2) is 0 Å². The van der Waals surface area contributed by atoms with Crippen molar-refractivity contribution in [1.29, 1.82) is 0 Å². The van der Waals surface area contributed by atoms with Crippen LogP contribution in [0.4, 0.5) is 0 Å². The molecule has 0 rings (SSSR count). The number of rotatable bonds is 4. The molecule has 0 aromatic rings. The van der Waals surface area contributed by atoms with Gasteiger partial charge in [0.1, 0.15) is 6.61 Å². The van der Waals surface area contributed by atoms with Gasteiger partial charge in [0.15, 0.2) is 0 Å². The fourth-order valence-electron chi connectivity index (χ4n) is 0.467. The summed E-state index contributed by atoms with van der Waals surface area (Å²) in [5, 5.41) is 0. The summed E-state index contributed by atoms with van der Waals surface area (Å²) in [6, 6.07) is 0. The van der Waals surface area contributed by atoms with E-state index in [9.17, 15) is 4.79 Å². The molecule has 0 aliphatic heterocycles. The van der Waals surface area contributed by atoms with E-state index in [1.807, 2.05) is 13.8 Å². The topological polar surface area (TPSA) is 52.3 Å². The molecule has 0 fully saturated rings. The number of nitrogens with two attached hydrogens (primary N) is 1. The Labute approximate surface area is 87.4 Å². The van der Waals surface area contributed by atoms with E-state index in [0.717, 1.165) is 0 Å². The Hall–Kier alpha value is -1.51. The molecule has 0 saturated heterocycles. The van der Waals surface area contributed by atoms with Crippen molar-refractivity contribution in [2.75, 3.05) is 6.61 Å². The fraction of sp³-hybridized carbons (Fsp3) is 0.364. The minimum atomic E-state index is -0.323. The molecular weight excluding hydrogens is 178 g/mol. The van der Waals surface area contributed by atoms with Crippen LogP contribution in [-0.4, -0.2) is 12.6 Å². The van der Waals surface area contributed by atoms with Gasteiger partial charge in [-0.1, -0.05) is 33.1 Å². The van der Waals surface area contributed by atoms with Crippen molar-refractivity contribution in [3.05, 3.63) is 36.6 Å². The molecule has 0 aromatic heterocycles. The predicted molar refractivity (Wildman–Crippen MR) is 61.7 cm³/mol. The van der Waals surface area contributed by atoms with Crippen LogP contribution in [0, 0.1) is 0 Å². The number of hydrogen-bond donors (Lipinski definition) is 1. The van der Waals surface area contributed by atoms with Crippen LogP contribution < -0.4 is 5.73 Å². The molecule has 0 aliphatic rings. The summed E-state index contributed by atoms with van der Waals surface area (Å²) in [4.78, 5) is 10.4. The molecule has 3 nitrogen and oxygen atoms in total. The van der Waals surface area contributed by atoms with Gasteiger partial charge in [-0.05, 0) is 11.6 Å². The lowest BCUT2D eigenvalue weighted by molar-refractivity contribution is -0.139. The van der Waals surface area contributed by atoms with E-state index in [4.69, 9.17) is 5.73 Å². The van der Waals surface area contributed by atoms with Gasteiger partial charge in [-0.2, -0.15) is 0 Å². The van der Waals surface area contributed by atoms with Crippen molar-refractivity contribution < 1.29 is 11.0 Å². The monoisotopic (exact) mass is 199 g/mol. The maximum Gasteiger partial charge on any atom is 0.302 e. The van der Waals surface area contributed by atoms with Gasteiger partial charge in [0.2, 0.25) is 0 Å². The summed E-state index contributed by atoms with van der Waals surface area (Å²) in [7, 11) is 0. The molecule has 0 spiro atoms. The van der Waals surface area contributed by atoms with Gasteiger partial charge in [0, 0.05) is 14.0 Å². The highest BCUT2D eigenvalue weighted by Gasteiger charge is 1.92. The molecule has 0 atom stereocenters. The van der Waals surface area contributed by atoms with E-state index in [-0.39, 0.29) is 14.0 Å². The molecular formula is C11H21NO2. The Morgan fingerprint density at radius 3 is 2.29 bits per heavy atom. The van der Waals surface area contributed by atoms with Gasteiger partial charge >= 0.3 is 5.97 Å². The molecule has 2 N–H and O–H groups in total. The summed E-state index contributed by atoms with van der Waals surface area (Å²) >= 11 is 0. The quantitative estimate of drug-likeness (QED) is 0.558.